The zero-order valence-corrected chi connectivity index (χ0v) is 21.5. The van der Waals surface area contributed by atoms with Crippen molar-refractivity contribution >= 4 is 23.1 Å². The standard InChI is InChI=1S/C25H27ClF3N5O5/c26-24-31-22(34(36)37)14-33(24)12-9-20(35)16-38-21-4-2-19(3-5-21)32-10-7-17(8-11-32)15-39-23-6-1-18(13-30-23)25(27,28)29/h1-6,13-14,17,20,35H,7-12,15-16H2/t20-/m1/s1. The van der Waals surface area contributed by atoms with Crippen molar-refractivity contribution in [2.45, 2.75) is 38.1 Å². The smallest absolute Gasteiger partial charge is 0.417 e. The molecule has 14 heteroatoms. The Morgan fingerprint density at radius 1 is 1.15 bits per heavy atom. The van der Waals surface area contributed by atoms with Crippen LogP contribution in [0.15, 0.2) is 48.8 Å². The Labute approximate surface area is 227 Å². The van der Waals surface area contributed by atoms with Gasteiger partial charge in [0.1, 0.15) is 18.6 Å². The minimum atomic E-state index is -4.42. The number of nitro groups is 1. The van der Waals surface area contributed by atoms with Gasteiger partial charge in [0, 0.05) is 37.6 Å². The first kappa shape index (κ1) is 28.4. The van der Waals surface area contributed by atoms with Crippen LogP contribution in [0.4, 0.5) is 24.7 Å². The number of hydrogen-bond acceptors (Lipinski definition) is 8. The lowest BCUT2D eigenvalue weighted by Crippen LogP contribution is -2.35. The molecule has 1 aliphatic heterocycles. The van der Waals surface area contributed by atoms with E-state index in [0.29, 0.717) is 12.4 Å². The van der Waals surface area contributed by atoms with Crippen LogP contribution < -0.4 is 14.4 Å². The van der Waals surface area contributed by atoms with Gasteiger partial charge in [0.2, 0.25) is 5.88 Å². The molecule has 0 spiro atoms. The molecule has 39 heavy (non-hydrogen) atoms. The molecule has 4 rings (SSSR count). The number of nitrogens with zero attached hydrogens (tertiary/aromatic N) is 5. The van der Waals surface area contributed by atoms with Gasteiger partial charge in [0.25, 0.3) is 0 Å². The van der Waals surface area contributed by atoms with Gasteiger partial charge in [0.05, 0.1) is 18.3 Å². The zero-order chi connectivity index (χ0) is 28.0. The monoisotopic (exact) mass is 569 g/mol. The molecule has 1 N–H and O–H groups in total. The van der Waals surface area contributed by atoms with E-state index in [-0.39, 0.29) is 42.5 Å². The number of halogens is 4. The molecule has 0 bridgehead atoms. The lowest BCUT2D eigenvalue weighted by Gasteiger charge is -2.33. The Morgan fingerprint density at radius 2 is 1.87 bits per heavy atom. The number of benzene rings is 1. The molecule has 1 aliphatic rings. The van der Waals surface area contributed by atoms with E-state index < -0.39 is 22.8 Å². The first-order valence-electron chi connectivity index (χ1n) is 12.3. The number of aliphatic hydroxyl groups is 1. The number of ether oxygens (including phenoxy) is 2. The number of piperidine rings is 1. The molecule has 0 aliphatic carbocycles. The molecule has 0 saturated carbocycles. The van der Waals surface area contributed by atoms with E-state index in [0.717, 1.165) is 43.9 Å². The fourth-order valence-electron chi connectivity index (χ4n) is 4.14. The highest BCUT2D eigenvalue weighted by Gasteiger charge is 2.30. The van der Waals surface area contributed by atoms with E-state index in [4.69, 9.17) is 21.1 Å². The number of pyridine rings is 1. The highest BCUT2D eigenvalue weighted by Crippen LogP contribution is 2.30. The molecular weight excluding hydrogens is 543 g/mol. The second kappa shape index (κ2) is 12.5. The van der Waals surface area contributed by atoms with Crippen LogP contribution in [0.3, 0.4) is 0 Å². The first-order chi connectivity index (χ1) is 18.6. The third-order valence-electron chi connectivity index (χ3n) is 6.39. The molecule has 1 atom stereocenters. The molecule has 10 nitrogen and oxygen atoms in total. The Kier molecular flexibility index (Phi) is 9.12. The molecule has 0 unspecified atom stereocenters. The van der Waals surface area contributed by atoms with Gasteiger partial charge in [-0.15, -0.1) is 0 Å². The van der Waals surface area contributed by atoms with Gasteiger partial charge in [-0.3, -0.25) is 4.57 Å². The average molecular weight is 570 g/mol. The SMILES string of the molecule is O=[N+]([O-])c1cn(CC[C@@H](O)COc2ccc(N3CCC(COc4ccc(C(F)(F)F)cn4)CC3)cc2)c(Cl)n1. The van der Waals surface area contributed by atoms with Crippen molar-refractivity contribution in [2.75, 3.05) is 31.2 Å². The Hall–Kier alpha value is -3.58. The molecule has 0 amide bonds. The van der Waals surface area contributed by atoms with E-state index in [1.165, 1.54) is 16.8 Å². The van der Waals surface area contributed by atoms with E-state index in [9.17, 15) is 28.4 Å². The third kappa shape index (κ3) is 7.96. The number of hydrogen-bond donors (Lipinski definition) is 1. The fourth-order valence-corrected chi connectivity index (χ4v) is 4.36. The van der Waals surface area contributed by atoms with Gasteiger partial charge in [-0.05, 0) is 77.0 Å². The molecule has 3 heterocycles. The highest BCUT2D eigenvalue weighted by molar-refractivity contribution is 6.28. The van der Waals surface area contributed by atoms with Crippen molar-refractivity contribution < 1.29 is 32.7 Å². The summed E-state index contributed by atoms with van der Waals surface area (Å²) in [5.74, 6) is 0.707. The van der Waals surface area contributed by atoms with Crippen LogP contribution in [0.2, 0.25) is 5.28 Å². The highest BCUT2D eigenvalue weighted by atomic mass is 35.5. The molecule has 1 fully saturated rings. The van der Waals surface area contributed by atoms with Crippen LogP contribution in [0.1, 0.15) is 24.8 Å². The van der Waals surface area contributed by atoms with Crippen LogP contribution in [0, 0.1) is 16.0 Å². The predicted molar refractivity (Wildman–Crippen MR) is 136 cm³/mol. The van der Waals surface area contributed by atoms with Gasteiger partial charge >= 0.3 is 17.3 Å². The number of imidazole rings is 1. The number of aliphatic hydroxyl groups excluding tert-OH is 1. The Morgan fingerprint density at radius 3 is 2.46 bits per heavy atom. The minimum Gasteiger partial charge on any atom is -0.491 e. The number of alkyl halides is 3. The van der Waals surface area contributed by atoms with Crippen LogP contribution in [-0.4, -0.2) is 57.0 Å². The maximum absolute atomic E-state index is 12.7. The van der Waals surface area contributed by atoms with Gasteiger partial charge < -0.3 is 29.6 Å². The van der Waals surface area contributed by atoms with Crippen LogP contribution in [0.5, 0.6) is 11.6 Å². The summed E-state index contributed by atoms with van der Waals surface area (Å²) >= 11 is 5.88. The van der Waals surface area contributed by atoms with Crippen LogP contribution in [-0.2, 0) is 12.7 Å². The summed E-state index contributed by atoms with van der Waals surface area (Å²) in [5.41, 5.74) is 0.227. The summed E-state index contributed by atoms with van der Waals surface area (Å²) in [5, 5.41) is 21.0. The largest absolute Gasteiger partial charge is 0.491 e. The summed E-state index contributed by atoms with van der Waals surface area (Å²) in [7, 11) is 0. The number of rotatable bonds is 11. The van der Waals surface area contributed by atoms with Crippen molar-refractivity contribution in [3.05, 3.63) is 69.8 Å². The van der Waals surface area contributed by atoms with E-state index in [1.807, 2.05) is 24.3 Å². The van der Waals surface area contributed by atoms with E-state index in [1.54, 1.807) is 0 Å². The number of anilines is 1. The second-order valence-corrected chi connectivity index (χ2v) is 9.53. The lowest BCUT2D eigenvalue weighted by molar-refractivity contribution is -0.389. The van der Waals surface area contributed by atoms with Gasteiger partial charge in [-0.2, -0.15) is 13.2 Å². The molecule has 2 aromatic heterocycles. The molecular formula is C25H27ClF3N5O5. The molecule has 0 radical (unpaired) electrons. The average Bonchev–Trinajstić information content (AvgIpc) is 3.30. The topological polar surface area (TPSA) is 116 Å². The fraction of sp³-hybridized carbons (Fsp3) is 0.440. The zero-order valence-electron chi connectivity index (χ0n) is 20.8. The van der Waals surface area contributed by atoms with E-state index in [2.05, 4.69) is 14.9 Å². The summed E-state index contributed by atoms with van der Waals surface area (Å²) in [4.78, 5) is 19.8. The molecule has 3 aromatic rings. The molecule has 1 aromatic carbocycles. The summed E-state index contributed by atoms with van der Waals surface area (Å²) in [6.45, 7) is 2.31. The van der Waals surface area contributed by atoms with Gasteiger partial charge in [-0.1, -0.05) is 0 Å². The number of aromatic nitrogens is 3. The Balaban J connectivity index is 1.16. The predicted octanol–water partition coefficient (Wildman–Crippen LogP) is 4.98. The molecule has 210 valence electrons. The quantitative estimate of drug-likeness (QED) is 0.254. The summed E-state index contributed by atoms with van der Waals surface area (Å²) in [6.07, 6.45) is -1.21. The third-order valence-corrected chi connectivity index (χ3v) is 6.70. The molecule has 1 saturated heterocycles. The lowest BCUT2D eigenvalue weighted by atomic mass is 9.97. The van der Waals surface area contributed by atoms with E-state index >= 15 is 0 Å². The second-order valence-electron chi connectivity index (χ2n) is 9.19. The normalized spacial score (nSPS) is 15.3. The van der Waals surface area contributed by atoms with Crippen molar-refractivity contribution in [1.29, 1.82) is 0 Å². The summed E-state index contributed by atoms with van der Waals surface area (Å²) < 4.78 is 50.6. The van der Waals surface area contributed by atoms with Gasteiger partial charge in [0.15, 0.2) is 0 Å². The van der Waals surface area contributed by atoms with Crippen molar-refractivity contribution in [2.24, 2.45) is 5.92 Å². The Bertz CT molecular complexity index is 1230. The summed E-state index contributed by atoms with van der Waals surface area (Å²) in [6, 6.07) is 9.73. The van der Waals surface area contributed by atoms with Crippen LogP contribution in [0.25, 0.3) is 0 Å². The van der Waals surface area contributed by atoms with Crippen molar-refractivity contribution in [3.63, 3.8) is 0 Å². The van der Waals surface area contributed by atoms with Crippen LogP contribution >= 0.6 is 11.6 Å². The van der Waals surface area contributed by atoms with Crippen molar-refractivity contribution in [1.82, 2.24) is 14.5 Å². The number of aryl methyl sites for hydroxylation is 1. The maximum Gasteiger partial charge on any atom is 0.417 e. The first-order valence-corrected chi connectivity index (χ1v) is 12.7. The maximum atomic E-state index is 12.7. The minimum absolute atomic E-state index is 0.0156. The van der Waals surface area contributed by atoms with Crippen molar-refractivity contribution in [3.8, 4) is 11.6 Å². The van der Waals surface area contributed by atoms with Gasteiger partial charge in [-0.25, -0.2) is 4.98 Å².